The molecule has 1 aromatic rings. The summed E-state index contributed by atoms with van der Waals surface area (Å²) in [4.78, 5) is 0. The topological polar surface area (TPSA) is 29.5 Å². The molecule has 0 spiro atoms. The smallest absolute Gasteiger partial charge is 0.119 e. The molecule has 1 atom stereocenters. The maximum Gasteiger partial charge on any atom is 0.119 e. The zero-order valence-electron chi connectivity index (χ0n) is 11.9. The predicted molar refractivity (Wildman–Crippen MR) is 76.1 cm³/mol. The van der Waals surface area contributed by atoms with Crippen LogP contribution < -0.4 is 4.74 Å². The highest BCUT2D eigenvalue weighted by Gasteiger charge is 2.19. The van der Waals surface area contributed by atoms with Gasteiger partial charge in [0.15, 0.2) is 0 Å². The Bertz CT molecular complexity index is 345. The van der Waals surface area contributed by atoms with Gasteiger partial charge < -0.3 is 9.84 Å². The van der Waals surface area contributed by atoms with Crippen molar-refractivity contribution in [1.29, 1.82) is 0 Å². The highest BCUT2D eigenvalue weighted by atomic mass is 16.5. The van der Waals surface area contributed by atoms with Crippen molar-refractivity contribution in [3.05, 3.63) is 29.8 Å². The molecule has 0 heterocycles. The normalized spacial score (nSPS) is 14.2. The molecular weight excluding hydrogens is 224 g/mol. The standard InChI is InChI=1S/C16H26O2/c1-4-6-11-16(3,17)12-10-14-8-7-9-15(13-14)18-5-2/h7-9,13,17H,4-6,10-12H2,1-3H3. The van der Waals surface area contributed by atoms with Crippen LogP contribution in [-0.2, 0) is 6.42 Å². The average Bonchev–Trinajstić information content (AvgIpc) is 2.35. The van der Waals surface area contributed by atoms with E-state index in [0.29, 0.717) is 6.61 Å². The number of hydrogen-bond acceptors (Lipinski definition) is 2. The van der Waals surface area contributed by atoms with E-state index in [9.17, 15) is 5.11 Å². The molecule has 1 aromatic carbocycles. The van der Waals surface area contributed by atoms with Crippen molar-refractivity contribution in [1.82, 2.24) is 0 Å². The molecule has 0 aliphatic heterocycles. The van der Waals surface area contributed by atoms with Crippen molar-refractivity contribution in [2.75, 3.05) is 6.61 Å². The van der Waals surface area contributed by atoms with Crippen molar-refractivity contribution in [3.8, 4) is 5.75 Å². The maximum absolute atomic E-state index is 10.2. The van der Waals surface area contributed by atoms with E-state index in [4.69, 9.17) is 4.74 Å². The summed E-state index contributed by atoms with van der Waals surface area (Å²) in [6.07, 6.45) is 4.82. The molecule has 1 N–H and O–H groups in total. The molecule has 0 aliphatic rings. The summed E-state index contributed by atoms with van der Waals surface area (Å²) in [6.45, 7) is 6.77. The molecule has 2 nitrogen and oxygen atoms in total. The second-order valence-electron chi connectivity index (χ2n) is 5.18. The Morgan fingerprint density at radius 2 is 2.00 bits per heavy atom. The minimum absolute atomic E-state index is 0.544. The van der Waals surface area contributed by atoms with Gasteiger partial charge in [-0.05, 0) is 50.8 Å². The number of rotatable bonds is 8. The van der Waals surface area contributed by atoms with Gasteiger partial charge in [0.2, 0.25) is 0 Å². The van der Waals surface area contributed by atoms with E-state index in [1.165, 1.54) is 5.56 Å². The lowest BCUT2D eigenvalue weighted by Gasteiger charge is -2.23. The van der Waals surface area contributed by atoms with Crippen molar-refractivity contribution in [2.45, 2.75) is 58.5 Å². The molecule has 0 bridgehead atoms. The van der Waals surface area contributed by atoms with Gasteiger partial charge in [-0.3, -0.25) is 0 Å². The van der Waals surface area contributed by atoms with Crippen LogP contribution in [0.1, 0.15) is 52.0 Å². The maximum atomic E-state index is 10.2. The molecule has 0 amide bonds. The second-order valence-corrected chi connectivity index (χ2v) is 5.18. The van der Waals surface area contributed by atoms with Gasteiger partial charge in [-0.1, -0.05) is 31.9 Å². The number of benzene rings is 1. The molecule has 0 radical (unpaired) electrons. The van der Waals surface area contributed by atoms with Crippen LogP contribution in [0.4, 0.5) is 0 Å². The molecule has 1 unspecified atom stereocenters. The van der Waals surface area contributed by atoms with Gasteiger partial charge in [0, 0.05) is 0 Å². The van der Waals surface area contributed by atoms with E-state index in [1.807, 2.05) is 26.0 Å². The van der Waals surface area contributed by atoms with E-state index < -0.39 is 5.60 Å². The second kappa shape index (κ2) is 7.42. The lowest BCUT2D eigenvalue weighted by Crippen LogP contribution is -2.24. The van der Waals surface area contributed by atoms with E-state index >= 15 is 0 Å². The summed E-state index contributed by atoms with van der Waals surface area (Å²) >= 11 is 0. The van der Waals surface area contributed by atoms with Crippen LogP contribution >= 0.6 is 0 Å². The van der Waals surface area contributed by atoms with Gasteiger partial charge in [-0.2, -0.15) is 0 Å². The summed E-state index contributed by atoms with van der Waals surface area (Å²) in [6, 6.07) is 8.15. The first-order valence-corrected chi connectivity index (χ1v) is 7.01. The zero-order valence-corrected chi connectivity index (χ0v) is 11.9. The van der Waals surface area contributed by atoms with Crippen molar-refractivity contribution < 1.29 is 9.84 Å². The quantitative estimate of drug-likeness (QED) is 0.756. The van der Waals surface area contributed by atoms with Gasteiger partial charge in [-0.15, -0.1) is 0 Å². The first-order chi connectivity index (χ1) is 8.57. The van der Waals surface area contributed by atoms with Crippen molar-refractivity contribution >= 4 is 0 Å². The van der Waals surface area contributed by atoms with Crippen LogP contribution in [0.15, 0.2) is 24.3 Å². The molecular formula is C16H26O2. The molecule has 0 saturated carbocycles. The number of ether oxygens (including phenoxy) is 1. The Kier molecular flexibility index (Phi) is 6.20. The Morgan fingerprint density at radius 1 is 1.22 bits per heavy atom. The molecule has 0 saturated heterocycles. The van der Waals surface area contributed by atoms with Gasteiger partial charge in [-0.25, -0.2) is 0 Å². The van der Waals surface area contributed by atoms with Crippen LogP contribution in [0.5, 0.6) is 5.75 Å². The van der Waals surface area contributed by atoms with E-state index in [-0.39, 0.29) is 0 Å². The molecule has 18 heavy (non-hydrogen) atoms. The summed E-state index contributed by atoms with van der Waals surface area (Å²) in [5, 5.41) is 10.2. The summed E-state index contributed by atoms with van der Waals surface area (Å²) in [7, 11) is 0. The Balaban J connectivity index is 2.49. The fourth-order valence-electron chi connectivity index (χ4n) is 2.05. The fourth-order valence-corrected chi connectivity index (χ4v) is 2.05. The Labute approximate surface area is 111 Å². The lowest BCUT2D eigenvalue weighted by molar-refractivity contribution is 0.0401. The number of aliphatic hydroxyl groups is 1. The van der Waals surface area contributed by atoms with Gasteiger partial charge in [0.1, 0.15) is 5.75 Å². The number of unbranched alkanes of at least 4 members (excludes halogenated alkanes) is 1. The van der Waals surface area contributed by atoms with Gasteiger partial charge >= 0.3 is 0 Å². The van der Waals surface area contributed by atoms with Crippen LogP contribution in [0.25, 0.3) is 0 Å². The molecule has 2 heteroatoms. The first kappa shape index (κ1) is 15.0. The number of aryl methyl sites for hydroxylation is 1. The summed E-state index contributed by atoms with van der Waals surface area (Å²) in [5.74, 6) is 0.920. The predicted octanol–water partition coefficient (Wildman–Crippen LogP) is 3.96. The zero-order chi connectivity index (χ0) is 13.4. The van der Waals surface area contributed by atoms with Crippen molar-refractivity contribution in [2.24, 2.45) is 0 Å². The van der Waals surface area contributed by atoms with Crippen LogP contribution in [0.2, 0.25) is 0 Å². The highest BCUT2D eigenvalue weighted by molar-refractivity contribution is 5.28. The highest BCUT2D eigenvalue weighted by Crippen LogP contribution is 2.22. The monoisotopic (exact) mass is 250 g/mol. The lowest BCUT2D eigenvalue weighted by atomic mass is 9.92. The molecule has 0 aromatic heterocycles. The van der Waals surface area contributed by atoms with E-state index in [1.54, 1.807) is 0 Å². The Hall–Kier alpha value is -1.02. The van der Waals surface area contributed by atoms with E-state index in [0.717, 1.165) is 37.9 Å². The van der Waals surface area contributed by atoms with Crippen LogP contribution in [-0.4, -0.2) is 17.3 Å². The van der Waals surface area contributed by atoms with Gasteiger partial charge in [0.25, 0.3) is 0 Å². The third kappa shape index (κ3) is 5.54. The van der Waals surface area contributed by atoms with Crippen LogP contribution in [0, 0.1) is 0 Å². The Morgan fingerprint density at radius 3 is 2.67 bits per heavy atom. The third-order valence-electron chi connectivity index (χ3n) is 3.23. The molecule has 1 rings (SSSR count). The minimum Gasteiger partial charge on any atom is -0.494 e. The average molecular weight is 250 g/mol. The molecule has 102 valence electrons. The molecule has 0 aliphatic carbocycles. The number of hydrogen-bond donors (Lipinski definition) is 1. The van der Waals surface area contributed by atoms with Crippen LogP contribution in [0.3, 0.4) is 0 Å². The van der Waals surface area contributed by atoms with Crippen molar-refractivity contribution in [3.63, 3.8) is 0 Å². The first-order valence-electron chi connectivity index (χ1n) is 7.01. The SMILES string of the molecule is CCCCC(C)(O)CCc1cccc(OCC)c1. The summed E-state index contributed by atoms with van der Waals surface area (Å²) in [5.41, 5.74) is 0.690. The van der Waals surface area contributed by atoms with Gasteiger partial charge in [0.05, 0.1) is 12.2 Å². The minimum atomic E-state index is -0.544. The third-order valence-corrected chi connectivity index (χ3v) is 3.23. The largest absolute Gasteiger partial charge is 0.494 e. The molecule has 0 fully saturated rings. The summed E-state index contributed by atoms with van der Waals surface area (Å²) < 4.78 is 5.48. The van der Waals surface area contributed by atoms with E-state index in [2.05, 4.69) is 19.1 Å². The fraction of sp³-hybridized carbons (Fsp3) is 0.625.